The monoisotopic (exact) mass is 417 g/mol. The fourth-order valence-corrected chi connectivity index (χ4v) is 4.26. The molecule has 3 rings (SSSR count). The number of aromatic amines is 1. The van der Waals surface area contributed by atoms with Crippen molar-refractivity contribution in [1.82, 2.24) is 9.97 Å². The average Bonchev–Trinajstić information content (AvgIpc) is 2.67. The summed E-state index contributed by atoms with van der Waals surface area (Å²) < 4.78 is 19.2. The molecule has 29 heavy (non-hydrogen) atoms. The smallest absolute Gasteiger partial charge is 0.336 e. The number of hydrogen-bond donors (Lipinski definition) is 2. The summed E-state index contributed by atoms with van der Waals surface area (Å²) in [6.07, 6.45) is 2.06. The van der Waals surface area contributed by atoms with Crippen LogP contribution < -0.4 is 10.9 Å². The number of rotatable bonds is 7. The summed E-state index contributed by atoms with van der Waals surface area (Å²) in [5.74, 6) is -0.536. The van der Waals surface area contributed by atoms with Crippen molar-refractivity contribution in [3.05, 3.63) is 62.8 Å². The molecule has 8 heteroatoms. The highest BCUT2D eigenvalue weighted by molar-refractivity contribution is 7.99. The van der Waals surface area contributed by atoms with Gasteiger partial charge in [-0.25, -0.2) is 14.2 Å². The van der Waals surface area contributed by atoms with Crippen LogP contribution in [-0.4, -0.2) is 28.3 Å². The standard InChI is InChI=1S/C21H24FN3O3S/c1-4-6-10-29-21-24-18-17(19(26)25-21)16(13-8-7-9-14(22)11-13)15(12(3)23-18)20(27)28-5-2/h7-9,11,16H,4-6,10H2,1-3H3,(H2,23,24,25,26). The van der Waals surface area contributed by atoms with Gasteiger partial charge in [-0.2, -0.15) is 0 Å². The number of H-pyrrole nitrogens is 1. The van der Waals surface area contributed by atoms with Crippen molar-refractivity contribution in [2.45, 2.75) is 44.7 Å². The minimum atomic E-state index is -0.771. The van der Waals surface area contributed by atoms with Crippen LogP contribution in [0.25, 0.3) is 0 Å². The summed E-state index contributed by atoms with van der Waals surface area (Å²) in [5, 5.41) is 3.59. The van der Waals surface area contributed by atoms with E-state index in [4.69, 9.17) is 4.74 Å². The van der Waals surface area contributed by atoms with Gasteiger partial charge in [0.15, 0.2) is 5.16 Å². The van der Waals surface area contributed by atoms with Gasteiger partial charge in [-0.3, -0.25) is 4.79 Å². The van der Waals surface area contributed by atoms with Gasteiger partial charge in [0.05, 0.1) is 23.7 Å². The van der Waals surface area contributed by atoms with Gasteiger partial charge in [-0.05, 0) is 38.0 Å². The first kappa shape index (κ1) is 21.1. The third kappa shape index (κ3) is 4.53. The molecule has 1 unspecified atom stereocenters. The van der Waals surface area contributed by atoms with Gasteiger partial charge in [0.2, 0.25) is 0 Å². The summed E-state index contributed by atoms with van der Waals surface area (Å²) in [6, 6.07) is 5.90. The van der Waals surface area contributed by atoms with Gasteiger partial charge in [0, 0.05) is 11.4 Å². The number of esters is 1. The van der Waals surface area contributed by atoms with E-state index < -0.39 is 17.7 Å². The predicted octanol–water partition coefficient (Wildman–Crippen LogP) is 4.20. The third-order valence-corrected chi connectivity index (χ3v) is 5.59. The van der Waals surface area contributed by atoms with Crippen LogP contribution in [0.2, 0.25) is 0 Å². The predicted molar refractivity (Wildman–Crippen MR) is 112 cm³/mol. The van der Waals surface area contributed by atoms with Crippen LogP contribution in [0.5, 0.6) is 0 Å². The fourth-order valence-electron chi connectivity index (χ4n) is 3.31. The number of aromatic nitrogens is 2. The number of allylic oxidation sites excluding steroid dienone is 1. The second kappa shape index (κ2) is 9.26. The molecule has 0 saturated carbocycles. The molecule has 0 saturated heterocycles. The number of carbonyl (C=O) groups excluding carboxylic acids is 1. The molecule has 154 valence electrons. The molecule has 2 N–H and O–H groups in total. The van der Waals surface area contributed by atoms with Crippen molar-refractivity contribution in [3.63, 3.8) is 0 Å². The van der Waals surface area contributed by atoms with E-state index in [0.29, 0.717) is 22.2 Å². The minimum absolute atomic E-state index is 0.194. The van der Waals surface area contributed by atoms with Gasteiger partial charge in [-0.15, -0.1) is 0 Å². The number of benzene rings is 1. The van der Waals surface area contributed by atoms with E-state index in [-0.39, 0.29) is 23.3 Å². The highest BCUT2D eigenvalue weighted by atomic mass is 32.2. The van der Waals surface area contributed by atoms with Crippen LogP contribution in [0.4, 0.5) is 10.2 Å². The van der Waals surface area contributed by atoms with Crippen molar-refractivity contribution in [2.75, 3.05) is 17.7 Å². The van der Waals surface area contributed by atoms with Crippen LogP contribution >= 0.6 is 11.8 Å². The van der Waals surface area contributed by atoms with E-state index >= 15 is 0 Å². The summed E-state index contributed by atoms with van der Waals surface area (Å²) in [6.45, 7) is 5.73. The van der Waals surface area contributed by atoms with Crippen LogP contribution in [0, 0.1) is 5.82 Å². The summed E-state index contributed by atoms with van der Waals surface area (Å²) in [4.78, 5) is 33.0. The Morgan fingerprint density at radius 3 is 2.83 bits per heavy atom. The van der Waals surface area contributed by atoms with Gasteiger partial charge in [0.25, 0.3) is 5.56 Å². The summed E-state index contributed by atoms with van der Waals surface area (Å²) >= 11 is 1.47. The zero-order valence-corrected chi connectivity index (χ0v) is 17.5. The quantitative estimate of drug-likeness (QED) is 0.304. The number of halogens is 1. The van der Waals surface area contributed by atoms with Crippen LogP contribution in [0.3, 0.4) is 0 Å². The van der Waals surface area contributed by atoms with Crippen molar-refractivity contribution < 1.29 is 13.9 Å². The lowest BCUT2D eigenvalue weighted by molar-refractivity contribution is -0.138. The first-order chi connectivity index (χ1) is 14.0. The number of hydrogen-bond acceptors (Lipinski definition) is 6. The van der Waals surface area contributed by atoms with E-state index in [0.717, 1.165) is 18.6 Å². The van der Waals surface area contributed by atoms with E-state index in [1.807, 2.05) is 0 Å². The zero-order valence-electron chi connectivity index (χ0n) is 16.7. The number of thioether (sulfide) groups is 1. The molecular formula is C21H24FN3O3S. The molecule has 0 bridgehead atoms. The fraction of sp³-hybridized carbons (Fsp3) is 0.381. The van der Waals surface area contributed by atoms with Crippen LogP contribution in [0.15, 0.2) is 45.5 Å². The highest BCUT2D eigenvalue weighted by Gasteiger charge is 2.36. The lowest BCUT2D eigenvalue weighted by Crippen LogP contribution is -2.31. The Labute approximate surface area is 173 Å². The van der Waals surface area contributed by atoms with Crippen molar-refractivity contribution in [3.8, 4) is 0 Å². The van der Waals surface area contributed by atoms with Gasteiger partial charge in [0.1, 0.15) is 11.6 Å². The largest absolute Gasteiger partial charge is 0.463 e. The molecule has 0 radical (unpaired) electrons. The first-order valence-corrected chi connectivity index (χ1v) is 10.6. The van der Waals surface area contributed by atoms with Crippen molar-refractivity contribution in [2.24, 2.45) is 0 Å². The molecule has 6 nitrogen and oxygen atoms in total. The molecule has 1 atom stereocenters. The number of nitrogens with zero attached hydrogens (tertiary/aromatic N) is 1. The molecule has 2 aromatic rings. The normalized spacial score (nSPS) is 15.7. The first-order valence-electron chi connectivity index (χ1n) is 9.63. The molecule has 1 aromatic carbocycles. The van der Waals surface area contributed by atoms with Crippen LogP contribution in [-0.2, 0) is 9.53 Å². The average molecular weight is 418 g/mol. The Hall–Kier alpha value is -2.61. The molecule has 1 aliphatic rings. The number of unbranched alkanes of at least 4 members (excludes halogenated alkanes) is 1. The number of fused-ring (bicyclic) bond motifs is 1. The molecule has 0 spiro atoms. The Morgan fingerprint density at radius 1 is 1.34 bits per heavy atom. The number of carbonyl (C=O) groups is 1. The molecule has 0 aliphatic carbocycles. The van der Waals surface area contributed by atoms with Gasteiger partial charge >= 0.3 is 5.97 Å². The Kier molecular flexibility index (Phi) is 6.74. The van der Waals surface area contributed by atoms with Gasteiger partial charge in [-0.1, -0.05) is 37.2 Å². The molecule has 1 aromatic heterocycles. The summed E-state index contributed by atoms with van der Waals surface area (Å²) in [5.41, 5.74) is 1.24. The number of anilines is 1. The Morgan fingerprint density at radius 2 is 2.14 bits per heavy atom. The highest BCUT2D eigenvalue weighted by Crippen LogP contribution is 2.40. The number of nitrogens with one attached hydrogen (secondary N) is 2. The van der Waals surface area contributed by atoms with E-state index in [9.17, 15) is 14.0 Å². The Balaban J connectivity index is 2.14. The van der Waals surface area contributed by atoms with Gasteiger partial charge < -0.3 is 15.0 Å². The second-order valence-corrected chi connectivity index (χ2v) is 7.79. The lowest BCUT2D eigenvalue weighted by Gasteiger charge is -2.28. The molecule has 0 amide bonds. The topological polar surface area (TPSA) is 84.1 Å². The maximum atomic E-state index is 14.0. The second-order valence-electron chi connectivity index (χ2n) is 6.71. The maximum Gasteiger partial charge on any atom is 0.336 e. The van der Waals surface area contributed by atoms with Crippen molar-refractivity contribution in [1.29, 1.82) is 0 Å². The SMILES string of the molecule is CCCCSc1nc2c(c(=O)[nH]1)C(c1cccc(F)c1)C(C(=O)OCC)=C(C)N2. The van der Waals surface area contributed by atoms with Crippen molar-refractivity contribution >= 4 is 23.5 Å². The maximum absolute atomic E-state index is 14.0. The molecular weight excluding hydrogens is 393 g/mol. The Bertz CT molecular complexity index is 1000. The summed E-state index contributed by atoms with van der Waals surface area (Å²) in [7, 11) is 0. The van der Waals surface area contributed by atoms with E-state index in [1.54, 1.807) is 26.0 Å². The minimum Gasteiger partial charge on any atom is -0.463 e. The van der Waals surface area contributed by atoms with Crippen LogP contribution in [0.1, 0.15) is 50.7 Å². The number of ether oxygens (including phenoxy) is 1. The van der Waals surface area contributed by atoms with E-state index in [2.05, 4.69) is 22.2 Å². The lowest BCUT2D eigenvalue weighted by atomic mass is 9.82. The van der Waals surface area contributed by atoms with E-state index in [1.165, 1.54) is 23.9 Å². The third-order valence-electron chi connectivity index (χ3n) is 4.63. The molecule has 2 heterocycles. The molecule has 1 aliphatic heterocycles. The molecule has 0 fully saturated rings. The zero-order chi connectivity index (χ0) is 21.0.